The highest BCUT2D eigenvalue weighted by Crippen LogP contribution is 2.23. The number of rotatable bonds is 4. The van der Waals surface area contributed by atoms with Gasteiger partial charge in [0.05, 0.1) is 6.07 Å². The lowest BCUT2D eigenvalue weighted by atomic mass is 9.86. The van der Waals surface area contributed by atoms with Crippen LogP contribution in [0.2, 0.25) is 0 Å². The fraction of sp³-hybridized carbons (Fsp3) is 0.556. The first kappa shape index (κ1) is 9.90. The lowest BCUT2D eigenvalue weighted by Crippen LogP contribution is -2.09. The molecule has 0 saturated carbocycles. The van der Waals surface area contributed by atoms with Gasteiger partial charge in [-0.2, -0.15) is 5.26 Å². The summed E-state index contributed by atoms with van der Waals surface area (Å²) in [6, 6.07) is 1.91. The van der Waals surface area contributed by atoms with Crippen molar-refractivity contribution in [1.29, 1.82) is 5.26 Å². The standard InChI is InChI=1S/C9H13NO/c1-9(2,6-8-11)5-3-4-7-10/h3-4,8H,5-6H2,1-2H3. The molecule has 0 fully saturated rings. The first-order valence-corrected chi connectivity index (χ1v) is 3.60. The number of carbonyl (C=O) groups is 1. The molecule has 0 aromatic rings. The average molecular weight is 151 g/mol. The van der Waals surface area contributed by atoms with Gasteiger partial charge in [-0.1, -0.05) is 19.9 Å². The zero-order valence-corrected chi connectivity index (χ0v) is 7.00. The summed E-state index contributed by atoms with van der Waals surface area (Å²) in [4.78, 5) is 10.2. The van der Waals surface area contributed by atoms with Crippen molar-refractivity contribution in [3.05, 3.63) is 12.2 Å². The Morgan fingerprint density at radius 1 is 1.45 bits per heavy atom. The Kier molecular flexibility index (Phi) is 4.21. The number of allylic oxidation sites excluding steroid dienone is 2. The molecule has 0 aliphatic heterocycles. The maximum atomic E-state index is 10.2. The highest BCUT2D eigenvalue weighted by Gasteiger charge is 2.14. The molecule has 0 aliphatic carbocycles. The van der Waals surface area contributed by atoms with Gasteiger partial charge in [-0.05, 0) is 11.8 Å². The molecule has 0 heterocycles. The molecule has 2 nitrogen and oxygen atoms in total. The Labute approximate surface area is 67.5 Å². The maximum absolute atomic E-state index is 10.2. The quantitative estimate of drug-likeness (QED) is 0.456. The van der Waals surface area contributed by atoms with E-state index in [4.69, 9.17) is 5.26 Å². The summed E-state index contributed by atoms with van der Waals surface area (Å²) >= 11 is 0. The van der Waals surface area contributed by atoms with Crippen LogP contribution in [0.15, 0.2) is 12.2 Å². The minimum absolute atomic E-state index is 0.00486. The molecule has 0 rings (SSSR count). The highest BCUT2D eigenvalue weighted by molar-refractivity contribution is 5.50. The SMILES string of the molecule is CC(C)(CC=O)CC=CC#N. The van der Waals surface area contributed by atoms with Gasteiger partial charge in [-0.3, -0.25) is 0 Å². The van der Waals surface area contributed by atoms with Gasteiger partial charge in [0.25, 0.3) is 0 Å². The molecule has 11 heavy (non-hydrogen) atoms. The summed E-state index contributed by atoms with van der Waals surface area (Å²) in [5, 5.41) is 8.19. The molecule has 0 bridgehead atoms. The zero-order valence-electron chi connectivity index (χ0n) is 7.00. The Bertz CT molecular complexity index is 186. The number of hydrogen-bond donors (Lipinski definition) is 0. The normalized spacial score (nSPS) is 11.4. The van der Waals surface area contributed by atoms with E-state index in [9.17, 15) is 4.79 Å². The smallest absolute Gasteiger partial charge is 0.120 e. The third-order valence-corrected chi connectivity index (χ3v) is 1.50. The summed E-state index contributed by atoms with van der Waals surface area (Å²) in [6.45, 7) is 4.01. The van der Waals surface area contributed by atoms with Crippen LogP contribution in [-0.2, 0) is 4.79 Å². The molecule has 0 atom stereocenters. The molecular formula is C9H13NO. The van der Waals surface area contributed by atoms with Crippen molar-refractivity contribution in [1.82, 2.24) is 0 Å². The van der Waals surface area contributed by atoms with Crippen LogP contribution in [0.1, 0.15) is 26.7 Å². The van der Waals surface area contributed by atoms with Gasteiger partial charge in [0.2, 0.25) is 0 Å². The Morgan fingerprint density at radius 2 is 2.09 bits per heavy atom. The molecule has 0 aromatic carbocycles. The molecule has 0 saturated heterocycles. The van der Waals surface area contributed by atoms with Crippen molar-refractivity contribution < 1.29 is 4.79 Å². The molecule has 60 valence electrons. The second-order valence-corrected chi connectivity index (χ2v) is 3.27. The maximum Gasteiger partial charge on any atom is 0.120 e. The topological polar surface area (TPSA) is 40.9 Å². The molecule has 0 radical (unpaired) electrons. The second kappa shape index (κ2) is 4.68. The van der Waals surface area contributed by atoms with Gasteiger partial charge >= 0.3 is 0 Å². The third kappa shape index (κ3) is 5.35. The summed E-state index contributed by atoms with van der Waals surface area (Å²) in [7, 11) is 0. The minimum atomic E-state index is -0.00486. The van der Waals surface area contributed by atoms with Crippen molar-refractivity contribution in [3.8, 4) is 6.07 Å². The van der Waals surface area contributed by atoms with E-state index in [0.717, 1.165) is 12.7 Å². The van der Waals surface area contributed by atoms with E-state index < -0.39 is 0 Å². The van der Waals surface area contributed by atoms with Crippen LogP contribution in [0.3, 0.4) is 0 Å². The van der Waals surface area contributed by atoms with Gasteiger partial charge in [0.1, 0.15) is 6.29 Å². The molecule has 2 heteroatoms. The van der Waals surface area contributed by atoms with Crippen molar-refractivity contribution in [2.24, 2.45) is 5.41 Å². The summed E-state index contributed by atoms with van der Waals surface area (Å²) in [5.41, 5.74) is -0.00486. The van der Waals surface area contributed by atoms with Crippen LogP contribution in [0, 0.1) is 16.7 Å². The monoisotopic (exact) mass is 151 g/mol. The number of carbonyl (C=O) groups excluding carboxylic acids is 1. The molecule has 0 amide bonds. The van der Waals surface area contributed by atoms with Gasteiger partial charge in [0.15, 0.2) is 0 Å². The first-order chi connectivity index (χ1) is 5.12. The van der Waals surface area contributed by atoms with Crippen molar-refractivity contribution in [2.75, 3.05) is 0 Å². The molecular weight excluding hydrogens is 138 g/mol. The van der Waals surface area contributed by atoms with Crippen LogP contribution in [0.25, 0.3) is 0 Å². The van der Waals surface area contributed by atoms with Crippen LogP contribution in [0.4, 0.5) is 0 Å². The van der Waals surface area contributed by atoms with Gasteiger partial charge in [-0.25, -0.2) is 0 Å². The first-order valence-electron chi connectivity index (χ1n) is 3.60. The number of aldehydes is 1. The molecule has 0 unspecified atom stereocenters. The second-order valence-electron chi connectivity index (χ2n) is 3.27. The zero-order chi connectivity index (χ0) is 8.74. The molecule has 0 spiro atoms. The predicted octanol–water partition coefficient (Wildman–Crippen LogP) is 2.07. The van der Waals surface area contributed by atoms with Crippen LogP contribution in [0.5, 0.6) is 0 Å². The Hall–Kier alpha value is -1.10. The van der Waals surface area contributed by atoms with E-state index in [1.54, 1.807) is 6.08 Å². The van der Waals surface area contributed by atoms with E-state index in [1.807, 2.05) is 19.9 Å². The fourth-order valence-corrected chi connectivity index (χ4v) is 0.740. The highest BCUT2D eigenvalue weighted by atomic mass is 16.1. The van der Waals surface area contributed by atoms with Crippen LogP contribution < -0.4 is 0 Å². The number of hydrogen-bond acceptors (Lipinski definition) is 2. The lowest BCUT2D eigenvalue weighted by molar-refractivity contribution is -0.109. The molecule has 0 aliphatic rings. The molecule has 0 aromatic heterocycles. The lowest BCUT2D eigenvalue weighted by Gasteiger charge is -2.18. The Balaban J connectivity index is 3.82. The molecule has 0 N–H and O–H groups in total. The van der Waals surface area contributed by atoms with Crippen molar-refractivity contribution >= 4 is 6.29 Å². The van der Waals surface area contributed by atoms with Gasteiger partial charge < -0.3 is 4.79 Å². The fourth-order valence-electron chi connectivity index (χ4n) is 0.740. The van der Waals surface area contributed by atoms with E-state index >= 15 is 0 Å². The summed E-state index contributed by atoms with van der Waals surface area (Å²) in [5.74, 6) is 0. The van der Waals surface area contributed by atoms with Crippen molar-refractivity contribution in [3.63, 3.8) is 0 Å². The van der Waals surface area contributed by atoms with E-state index in [2.05, 4.69) is 0 Å². The summed E-state index contributed by atoms with van der Waals surface area (Å²) in [6.07, 6.45) is 5.48. The number of nitrogens with zero attached hydrogens (tertiary/aromatic N) is 1. The van der Waals surface area contributed by atoms with Crippen LogP contribution >= 0.6 is 0 Å². The average Bonchev–Trinajstić information content (AvgIpc) is 1.87. The van der Waals surface area contributed by atoms with Crippen molar-refractivity contribution in [2.45, 2.75) is 26.7 Å². The van der Waals surface area contributed by atoms with Crippen LogP contribution in [-0.4, -0.2) is 6.29 Å². The summed E-state index contributed by atoms with van der Waals surface area (Å²) < 4.78 is 0. The van der Waals surface area contributed by atoms with Gasteiger partial charge in [0, 0.05) is 12.5 Å². The minimum Gasteiger partial charge on any atom is -0.303 e. The third-order valence-electron chi connectivity index (χ3n) is 1.50. The van der Waals surface area contributed by atoms with Gasteiger partial charge in [-0.15, -0.1) is 0 Å². The largest absolute Gasteiger partial charge is 0.303 e. The van der Waals surface area contributed by atoms with E-state index in [-0.39, 0.29) is 5.41 Å². The Morgan fingerprint density at radius 3 is 2.55 bits per heavy atom. The predicted molar refractivity (Wildman–Crippen MR) is 43.8 cm³/mol. The number of nitriles is 1. The van der Waals surface area contributed by atoms with E-state index in [1.165, 1.54) is 6.08 Å². The van der Waals surface area contributed by atoms with E-state index in [0.29, 0.717) is 6.42 Å².